The molecule has 7 heteroatoms. The molecule has 1 aromatic carbocycles. The first-order valence-corrected chi connectivity index (χ1v) is 7.33. The highest BCUT2D eigenvalue weighted by atomic mass is 19.1. The minimum Gasteiger partial charge on any atom is -0.493 e. The van der Waals surface area contributed by atoms with Crippen LogP contribution in [-0.2, 0) is 6.42 Å². The second-order valence-electron chi connectivity index (χ2n) is 5.56. The van der Waals surface area contributed by atoms with Crippen LogP contribution in [0.25, 0.3) is 0 Å². The Morgan fingerprint density at radius 3 is 2.96 bits per heavy atom. The van der Waals surface area contributed by atoms with E-state index in [9.17, 15) is 4.39 Å². The molecule has 2 heterocycles. The highest BCUT2D eigenvalue weighted by Gasteiger charge is 2.23. The van der Waals surface area contributed by atoms with E-state index in [0.717, 1.165) is 23.5 Å². The van der Waals surface area contributed by atoms with Crippen molar-refractivity contribution in [1.29, 1.82) is 0 Å². The molecule has 0 amide bonds. The first-order valence-electron chi connectivity index (χ1n) is 7.33. The lowest BCUT2D eigenvalue weighted by Crippen LogP contribution is -2.34. The fourth-order valence-corrected chi connectivity index (χ4v) is 2.57. The second-order valence-corrected chi connectivity index (χ2v) is 5.56. The minimum absolute atomic E-state index is 0.00933. The van der Waals surface area contributed by atoms with Crippen LogP contribution < -0.4 is 19.7 Å². The van der Waals surface area contributed by atoms with Crippen molar-refractivity contribution in [3.63, 3.8) is 0 Å². The van der Waals surface area contributed by atoms with Crippen LogP contribution >= 0.6 is 0 Å². The molecule has 6 nitrogen and oxygen atoms in total. The number of hydrogen-bond donors (Lipinski definition) is 1. The number of para-hydroxylation sites is 1. The monoisotopic (exact) mass is 318 g/mol. The lowest BCUT2D eigenvalue weighted by atomic mass is 10.0. The zero-order valence-corrected chi connectivity index (χ0v) is 13.3. The number of ether oxygens (including phenoxy) is 2. The summed E-state index contributed by atoms with van der Waals surface area (Å²) in [4.78, 5) is 9.82. The normalized spacial score (nSPS) is 16.3. The number of methoxy groups -OCH3 is 1. The Kier molecular flexibility index (Phi) is 4.18. The summed E-state index contributed by atoms with van der Waals surface area (Å²) in [5.41, 5.74) is 1.06. The molecule has 23 heavy (non-hydrogen) atoms. The molecule has 1 unspecified atom stereocenters. The standard InChI is InChI=1S/C16H19FN4O2/c1-21(2)15-12(17)8-18-16(20-15)19-11-7-10-5-4-6-13(22-3)14(10)23-9-11/h4-6,8,11H,7,9H2,1-3H3,(H,18,19,20). The van der Waals surface area contributed by atoms with Crippen LogP contribution in [0.4, 0.5) is 16.2 Å². The van der Waals surface area contributed by atoms with Crippen LogP contribution in [-0.4, -0.2) is 43.8 Å². The van der Waals surface area contributed by atoms with Gasteiger partial charge in [0, 0.05) is 19.7 Å². The van der Waals surface area contributed by atoms with Gasteiger partial charge in [-0.1, -0.05) is 12.1 Å². The van der Waals surface area contributed by atoms with Crippen molar-refractivity contribution in [2.45, 2.75) is 12.5 Å². The maximum Gasteiger partial charge on any atom is 0.225 e. The lowest BCUT2D eigenvalue weighted by Gasteiger charge is -2.27. The first kappa shape index (κ1) is 15.3. The van der Waals surface area contributed by atoms with E-state index in [2.05, 4.69) is 15.3 Å². The van der Waals surface area contributed by atoms with Crippen molar-refractivity contribution in [2.75, 3.05) is 38.0 Å². The summed E-state index contributed by atoms with van der Waals surface area (Å²) in [7, 11) is 5.10. The molecule has 0 saturated carbocycles. The number of benzene rings is 1. The molecule has 1 aliphatic heterocycles. The number of anilines is 2. The van der Waals surface area contributed by atoms with Crippen LogP contribution in [0.2, 0.25) is 0 Å². The number of nitrogens with one attached hydrogen (secondary N) is 1. The summed E-state index contributed by atoms with van der Waals surface area (Å²) < 4.78 is 24.8. The predicted molar refractivity (Wildman–Crippen MR) is 85.9 cm³/mol. The van der Waals surface area contributed by atoms with E-state index < -0.39 is 5.82 Å². The number of rotatable bonds is 4. The topological polar surface area (TPSA) is 59.5 Å². The van der Waals surface area contributed by atoms with E-state index in [0.29, 0.717) is 12.6 Å². The van der Waals surface area contributed by atoms with Crippen LogP contribution in [0.1, 0.15) is 5.56 Å². The number of nitrogens with zero attached hydrogens (tertiary/aromatic N) is 3. The Balaban J connectivity index is 1.76. The molecule has 1 N–H and O–H groups in total. The molecule has 0 radical (unpaired) electrons. The Labute approximate surface area is 134 Å². The van der Waals surface area contributed by atoms with Crippen LogP contribution in [0, 0.1) is 5.82 Å². The van der Waals surface area contributed by atoms with Gasteiger partial charge in [0.25, 0.3) is 0 Å². The molecular weight excluding hydrogens is 299 g/mol. The number of aromatic nitrogens is 2. The molecule has 0 aliphatic carbocycles. The smallest absolute Gasteiger partial charge is 0.225 e. The molecule has 0 saturated heterocycles. The molecule has 0 fully saturated rings. The van der Waals surface area contributed by atoms with Gasteiger partial charge in [-0.15, -0.1) is 0 Å². The molecule has 0 bridgehead atoms. The SMILES string of the molecule is COc1cccc2c1OCC(Nc1ncc(F)c(N(C)C)n1)C2. The van der Waals surface area contributed by atoms with Crippen molar-refractivity contribution < 1.29 is 13.9 Å². The molecule has 1 aliphatic rings. The first-order chi connectivity index (χ1) is 11.1. The Hall–Kier alpha value is -2.57. The molecule has 1 atom stereocenters. The highest BCUT2D eigenvalue weighted by Crippen LogP contribution is 2.34. The third-order valence-corrected chi connectivity index (χ3v) is 3.66. The van der Waals surface area contributed by atoms with E-state index >= 15 is 0 Å². The zero-order chi connectivity index (χ0) is 16.4. The minimum atomic E-state index is -0.449. The van der Waals surface area contributed by atoms with E-state index in [1.165, 1.54) is 6.20 Å². The summed E-state index contributed by atoms with van der Waals surface area (Å²) in [6, 6.07) is 5.82. The third-order valence-electron chi connectivity index (χ3n) is 3.66. The number of fused-ring (bicyclic) bond motifs is 1. The quantitative estimate of drug-likeness (QED) is 0.932. The van der Waals surface area contributed by atoms with Crippen molar-refractivity contribution in [1.82, 2.24) is 9.97 Å². The Morgan fingerprint density at radius 2 is 2.22 bits per heavy atom. The maximum absolute atomic E-state index is 13.6. The van der Waals surface area contributed by atoms with Crippen molar-refractivity contribution in [2.24, 2.45) is 0 Å². The maximum atomic E-state index is 13.6. The molecule has 2 aromatic rings. The van der Waals surface area contributed by atoms with Gasteiger partial charge in [0.15, 0.2) is 23.1 Å². The average molecular weight is 318 g/mol. The van der Waals surface area contributed by atoms with Gasteiger partial charge in [-0.2, -0.15) is 4.98 Å². The summed E-state index contributed by atoms with van der Waals surface area (Å²) in [6.45, 7) is 0.464. The van der Waals surface area contributed by atoms with Crippen LogP contribution in [0.5, 0.6) is 11.5 Å². The van der Waals surface area contributed by atoms with E-state index in [-0.39, 0.29) is 11.9 Å². The lowest BCUT2D eigenvalue weighted by molar-refractivity contribution is 0.255. The molecule has 3 rings (SSSR count). The zero-order valence-electron chi connectivity index (χ0n) is 13.3. The van der Waals surface area contributed by atoms with Gasteiger partial charge < -0.3 is 19.7 Å². The summed E-state index contributed by atoms with van der Waals surface area (Å²) in [5.74, 6) is 1.70. The molecular formula is C16H19FN4O2. The predicted octanol–water partition coefficient (Wildman–Crippen LogP) is 2.11. The van der Waals surface area contributed by atoms with Gasteiger partial charge in [-0.3, -0.25) is 0 Å². The van der Waals surface area contributed by atoms with Crippen molar-refractivity contribution >= 4 is 11.8 Å². The third kappa shape index (κ3) is 3.13. The van der Waals surface area contributed by atoms with Gasteiger partial charge in [0.05, 0.1) is 19.3 Å². The summed E-state index contributed by atoms with van der Waals surface area (Å²) in [6.07, 6.45) is 1.93. The van der Waals surface area contributed by atoms with Gasteiger partial charge in [0.1, 0.15) is 6.61 Å². The second kappa shape index (κ2) is 6.28. The summed E-state index contributed by atoms with van der Waals surface area (Å²) in [5, 5.41) is 3.20. The fourth-order valence-electron chi connectivity index (χ4n) is 2.57. The average Bonchev–Trinajstić information content (AvgIpc) is 2.55. The van der Waals surface area contributed by atoms with Gasteiger partial charge in [0.2, 0.25) is 5.95 Å². The number of halogens is 1. The van der Waals surface area contributed by atoms with Crippen molar-refractivity contribution in [3.8, 4) is 11.5 Å². The summed E-state index contributed by atoms with van der Waals surface area (Å²) >= 11 is 0. The molecule has 122 valence electrons. The largest absolute Gasteiger partial charge is 0.493 e. The van der Waals surface area contributed by atoms with Crippen LogP contribution in [0.3, 0.4) is 0 Å². The van der Waals surface area contributed by atoms with Crippen molar-refractivity contribution in [3.05, 3.63) is 35.8 Å². The van der Waals surface area contributed by atoms with E-state index in [1.54, 1.807) is 26.1 Å². The fraction of sp³-hybridized carbons (Fsp3) is 0.375. The Morgan fingerprint density at radius 1 is 1.39 bits per heavy atom. The molecule has 1 aromatic heterocycles. The van der Waals surface area contributed by atoms with Gasteiger partial charge in [-0.25, -0.2) is 9.37 Å². The van der Waals surface area contributed by atoms with Gasteiger partial charge in [-0.05, 0) is 12.5 Å². The van der Waals surface area contributed by atoms with Crippen LogP contribution in [0.15, 0.2) is 24.4 Å². The van der Waals surface area contributed by atoms with Gasteiger partial charge >= 0.3 is 0 Å². The van der Waals surface area contributed by atoms with E-state index in [1.807, 2.05) is 18.2 Å². The Bertz CT molecular complexity index is 708. The van der Waals surface area contributed by atoms with E-state index in [4.69, 9.17) is 9.47 Å². The molecule has 0 spiro atoms. The number of hydrogen-bond acceptors (Lipinski definition) is 6. The highest BCUT2D eigenvalue weighted by molar-refractivity contribution is 5.49.